The van der Waals surface area contributed by atoms with Crippen molar-refractivity contribution < 1.29 is 9.53 Å². The smallest absolute Gasteiger partial charge is 0.250 e. The van der Waals surface area contributed by atoms with E-state index in [9.17, 15) is 4.79 Å². The van der Waals surface area contributed by atoms with E-state index in [0.717, 1.165) is 22.9 Å². The number of carbonyl (C=O) groups is 1. The van der Waals surface area contributed by atoms with Crippen LogP contribution in [0.2, 0.25) is 5.02 Å². The molecule has 1 aromatic carbocycles. The number of aromatic nitrogens is 3. The summed E-state index contributed by atoms with van der Waals surface area (Å²) in [4.78, 5) is 23.1. The second kappa shape index (κ2) is 10.4. The summed E-state index contributed by atoms with van der Waals surface area (Å²) in [5, 5.41) is 7.42. The second-order valence-electron chi connectivity index (χ2n) is 8.16. The first-order valence-corrected chi connectivity index (χ1v) is 12.0. The Hall–Kier alpha value is -3.79. The van der Waals surface area contributed by atoms with E-state index in [1.165, 1.54) is 7.11 Å². The molecule has 5 rings (SSSR count). The quantitative estimate of drug-likeness (QED) is 0.343. The summed E-state index contributed by atoms with van der Waals surface area (Å²) in [6.07, 6.45) is 5.37. The molecule has 2 N–H and O–H groups in total. The number of halogens is 1. The summed E-state index contributed by atoms with van der Waals surface area (Å²) in [7, 11) is 1.48. The lowest BCUT2D eigenvalue weighted by molar-refractivity contribution is -0.119. The molecule has 0 spiro atoms. The minimum absolute atomic E-state index is 0.00850. The maximum Gasteiger partial charge on any atom is 0.250 e. The summed E-state index contributed by atoms with van der Waals surface area (Å²) in [5.74, 6) is 0.526. The van der Waals surface area contributed by atoms with E-state index in [-0.39, 0.29) is 24.6 Å². The van der Waals surface area contributed by atoms with Crippen LogP contribution in [0.5, 0.6) is 0 Å². The van der Waals surface area contributed by atoms with Gasteiger partial charge in [0.1, 0.15) is 18.5 Å². The zero-order valence-corrected chi connectivity index (χ0v) is 20.9. The molecule has 0 radical (unpaired) electrons. The molecule has 2 atom stereocenters. The third-order valence-electron chi connectivity index (χ3n) is 5.84. The molecule has 10 heteroatoms. The molecule has 1 aliphatic rings. The highest BCUT2D eigenvalue weighted by molar-refractivity contribution is 7.80. The number of carbonyl (C=O) groups excluding carboxylic acids is 1. The van der Waals surface area contributed by atoms with Gasteiger partial charge in [-0.1, -0.05) is 17.7 Å². The number of nitrogens with zero attached hydrogens (tertiary/aromatic N) is 4. The minimum Gasteiger partial charge on any atom is -0.375 e. The Morgan fingerprint density at radius 3 is 2.64 bits per heavy atom. The Morgan fingerprint density at radius 2 is 1.94 bits per heavy atom. The molecule has 0 saturated carbocycles. The third-order valence-corrected chi connectivity index (χ3v) is 6.38. The maximum absolute atomic E-state index is 11.9. The molecule has 1 amide bonds. The lowest BCUT2D eigenvalue weighted by Gasteiger charge is -2.29. The van der Waals surface area contributed by atoms with Gasteiger partial charge in [0.15, 0.2) is 5.11 Å². The number of amides is 1. The highest BCUT2D eigenvalue weighted by Gasteiger charge is 2.42. The first-order chi connectivity index (χ1) is 17.5. The van der Waals surface area contributed by atoms with E-state index in [1.54, 1.807) is 12.4 Å². The van der Waals surface area contributed by atoms with Crippen molar-refractivity contribution in [3.8, 4) is 5.82 Å². The van der Waals surface area contributed by atoms with Gasteiger partial charge in [-0.05, 0) is 72.9 Å². The monoisotopic (exact) mass is 518 g/mol. The molecule has 8 nitrogen and oxygen atoms in total. The number of ether oxygens (including phenoxy) is 1. The van der Waals surface area contributed by atoms with Gasteiger partial charge in [-0.25, -0.2) is 4.98 Å². The normalized spacial score (nSPS) is 17.2. The molecule has 1 aliphatic heterocycles. The molecule has 4 heterocycles. The predicted octanol–water partition coefficient (Wildman–Crippen LogP) is 4.68. The highest BCUT2D eigenvalue weighted by atomic mass is 35.5. The third kappa shape index (κ3) is 4.81. The first-order valence-electron chi connectivity index (χ1n) is 11.2. The summed E-state index contributed by atoms with van der Waals surface area (Å²) in [6, 6.07) is 20.7. The second-order valence-corrected chi connectivity index (χ2v) is 8.99. The molecular weight excluding hydrogens is 496 g/mol. The van der Waals surface area contributed by atoms with E-state index in [2.05, 4.69) is 31.6 Å². The average Bonchev–Trinajstić information content (AvgIpc) is 3.50. The van der Waals surface area contributed by atoms with Gasteiger partial charge in [-0.3, -0.25) is 9.78 Å². The zero-order chi connectivity index (χ0) is 25.1. The fraction of sp³-hybridized carbons (Fsp3) is 0.154. The number of hydrogen-bond acceptors (Lipinski definition) is 5. The van der Waals surface area contributed by atoms with Crippen molar-refractivity contribution in [3.63, 3.8) is 0 Å². The van der Waals surface area contributed by atoms with Crippen LogP contribution in [0.3, 0.4) is 0 Å². The predicted molar refractivity (Wildman–Crippen MR) is 143 cm³/mol. The first kappa shape index (κ1) is 23.9. The minimum atomic E-state index is -0.228. The van der Waals surface area contributed by atoms with Gasteiger partial charge in [0, 0.05) is 42.8 Å². The van der Waals surface area contributed by atoms with Gasteiger partial charge < -0.3 is 24.8 Å². The van der Waals surface area contributed by atoms with Crippen LogP contribution < -0.4 is 15.5 Å². The van der Waals surface area contributed by atoms with Crippen molar-refractivity contribution in [1.82, 2.24) is 19.9 Å². The lowest BCUT2D eigenvalue weighted by Crippen LogP contribution is -2.30. The van der Waals surface area contributed by atoms with Gasteiger partial charge in [0.2, 0.25) is 5.91 Å². The van der Waals surface area contributed by atoms with Crippen LogP contribution in [0.4, 0.5) is 11.4 Å². The Kier molecular flexibility index (Phi) is 6.95. The van der Waals surface area contributed by atoms with E-state index >= 15 is 0 Å². The molecule has 4 aromatic rings. The molecule has 36 heavy (non-hydrogen) atoms. The number of methoxy groups -OCH3 is 1. The summed E-state index contributed by atoms with van der Waals surface area (Å²) in [5.41, 5.74) is 3.39. The summed E-state index contributed by atoms with van der Waals surface area (Å²) >= 11 is 11.9. The van der Waals surface area contributed by atoms with Crippen LogP contribution in [0.25, 0.3) is 5.82 Å². The van der Waals surface area contributed by atoms with E-state index in [1.807, 2.05) is 71.4 Å². The Bertz CT molecular complexity index is 1360. The number of nitrogens with one attached hydrogen (secondary N) is 2. The molecule has 0 bridgehead atoms. The van der Waals surface area contributed by atoms with Crippen molar-refractivity contribution in [1.29, 1.82) is 0 Å². The van der Waals surface area contributed by atoms with Crippen LogP contribution in [0.15, 0.2) is 85.3 Å². The van der Waals surface area contributed by atoms with Gasteiger partial charge >= 0.3 is 0 Å². The van der Waals surface area contributed by atoms with Crippen LogP contribution in [0, 0.1) is 0 Å². The number of thiocarbonyl (C=S) groups is 1. The van der Waals surface area contributed by atoms with Crippen molar-refractivity contribution in [2.45, 2.75) is 12.1 Å². The Morgan fingerprint density at radius 1 is 1.11 bits per heavy atom. The van der Waals surface area contributed by atoms with Gasteiger partial charge in [0.05, 0.1) is 16.8 Å². The molecule has 0 unspecified atom stereocenters. The van der Waals surface area contributed by atoms with Gasteiger partial charge in [-0.2, -0.15) is 0 Å². The number of rotatable bonds is 7. The standard InChI is InChI=1S/C26H23ClN6O2S/c1-35-16-23(34)30-18-8-10-19(11-9-18)33-25(24(31-26(33)36)20-5-2-3-13-28-20)21-6-4-14-32(21)22-12-7-17(27)15-29-22/h2-15,24-25H,16H2,1H3,(H,30,34)(H,31,36)/t24-,25+/m0/s1. The topological polar surface area (TPSA) is 84.3 Å². The van der Waals surface area contributed by atoms with Crippen LogP contribution in [-0.2, 0) is 9.53 Å². The maximum atomic E-state index is 11.9. The summed E-state index contributed by atoms with van der Waals surface area (Å²) < 4.78 is 6.92. The Labute approximate surface area is 218 Å². The number of hydrogen-bond donors (Lipinski definition) is 2. The van der Waals surface area contributed by atoms with E-state index in [4.69, 9.17) is 28.6 Å². The van der Waals surface area contributed by atoms with E-state index < -0.39 is 0 Å². The van der Waals surface area contributed by atoms with Crippen molar-refractivity contribution in [2.24, 2.45) is 0 Å². The van der Waals surface area contributed by atoms with Gasteiger partial charge in [0.25, 0.3) is 0 Å². The number of pyridine rings is 2. The lowest BCUT2D eigenvalue weighted by atomic mass is 10.0. The van der Waals surface area contributed by atoms with Crippen LogP contribution in [-0.4, -0.2) is 39.3 Å². The van der Waals surface area contributed by atoms with Crippen molar-refractivity contribution in [2.75, 3.05) is 23.9 Å². The zero-order valence-electron chi connectivity index (χ0n) is 19.3. The van der Waals surface area contributed by atoms with Gasteiger partial charge in [-0.15, -0.1) is 0 Å². The SMILES string of the molecule is COCC(=O)Nc1ccc(N2C(=S)N[C@@H](c3ccccn3)[C@H]2c2cccn2-c2ccc(Cl)cn2)cc1. The summed E-state index contributed by atoms with van der Waals surface area (Å²) in [6.45, 7) is -0.00850. The molecular formula is C26H23ClN6O2S. The molecule has 0 aliphatic carbocycles. The van der Waals surface area contributed by atoms with Crippen molar-refractivity contribution >= 4 is 46.2 Å². The highest BCUT2D eigenvalue weighted by Crippen LogP contribution is 2.42. The number of benzene rings is 1. The van der Waals surface area contributed by atoms with E-state index in [0.29, 0.717) is 15.8 Å². The van der Waals surface area contributed by atoms with Crippen LogP contribution in [0.1, 0.15) is 23.5 Å². The molecule has 1 fully saturated rings. The average molecular weight is 519 g/mol. The number of anilines is 2. The molecule has 3 aromatic heterocycles. The van der Waals surface area contributed by atoms with Crippen LogP contribution >= 0.6 is 23.8 Å². The Balaban J connectivity index is 1.55. The van der Waals surface area contributed by atoms with Crippen molar-refractivity contribution in [3.05, 3.63) is 102 Å². The fourth-order valence-electron chi connectivity index (χ4n) is 4.32. The largest absolute Gasteiger partial charge is 0.375 e. The fourth-order valence-corrected chi connectivity index (χ4v) is 4.78. The molecule has 1 saturated heterocycles. The molecule has 182 valence electrons.